The molecule has 15 rings (SSSR count). The smallest absolute Gasteiger partial charge is 0.343 e. The van der Waals surface area contributed by atoms with E-state index in [0.29, 0.717) is 35.1 Å². The van der Waals surface area contributed by atoms with Crippen LogP contribution in [0.2, 0.25) is 10.0 Å². The summed E-state index contributed by atoms with van der Waals surface area (Å²) in [5.41, 5.74) is -2.10. The largest absolute Gasteiger partial charge is 2.00 e. The van der Waals surface area contributed by atoms with E-state index >= 15 is 0 Å². The van der Waals surface area contributed by atoms with Crippen molar-refractivity contribution in [2.24, 2.45) is 0 Å². The standard InChI is InChI=1S/C40H45F6N7.C32H29F6N7.C24H11Cl2F6N7.3Pt/c1-35(2,3)24-17-25(36(4,5)6)19-28(18-24)53(33-22-26(37(7,8)9)20-31(47-33)51-15-13-29(49-51)39(41,42)43)34-23-27(38(10,11)12)21-32(48-34)52-16-14-30(50-52)40(44,45)46;1-29(2,3)20-17-21(30(4,5)6)19-22(18-20)45(27-11-7-9-25(39-27)43-15-13-23(41-43)31(33,34)35)28-12-8-10-26(40-28)44-16-14-24(42-44)32(36,37)38;25-14-4-1-5-15(26)22(14)39(20-8-2-6-18(33-20)37-12-10-16(35-37)23(27,28)29)21-9-3-7-19(34-21)38-13-11-17(36-38)24(30,31)32;;;/h13-14,17-23H,1-12H3;7-14,17-19H,1-6H3;1-11H;;;/q3*-2;3*+2. The summed E-state index contributed by atoms with van der Waals surface area (Å²) in [4.78, 5) is 32.7. The second-order valence-electron chi connectivity index (χ2n) is 37.6. The van der Waals surface area contributed by atoms with Gasteiger partial charge in [0.15, 0.2) is 0 Å². The maximum absolute atomic E-state index is 13.7. The Labute approximate surface area is 846 Å². The van der Waals surface area contributed by atoms with Crippen LogP contribution in [0.1, 0.15) is 192 Å². The quantitative estimate of drug-likeness (QED) is 0.0694. The topological polar surface area (TPSA) is 194 Å². The second-order valence-corrected chi connectivity index (χ2v) is 38.4. The molecule has 0 saturated carbocycles. The fourth-order valence-corrected chi connectivity index (χ4v) is 13.8. The fourth-order valence-electron chi connectivity index (χ4n) is 13.2. The third-order valence-corrected chi connectivity index (χ3v) is 21.4. The van der Waals surface area contributed by atoms with Crippen molar-refractivity contribution in [3.05, 3.63) is 303 Å². The van der Waals surface area contributed by atoms with E-state index in [1.54, 1.807) is 52.3 Å². The first-order chi connectivity index (χ1) is 63.2. The average Bonchev–Trinajstić information content (AvgIpc) is 1.39. The summed E-state index contributed by atoms with van der Waals surface area (Å²) in [7, 11) is 0. The number of hydrogen-bond acceptors (Lipinski definition) is 15. The Morgan fingerprint density at radius 1 is 0.229 bits per heavy atom. The van der Waals surface area contributed by atoms with Crippen molar-refractivity contribution in [3.8, 4) is 34.9 Å². The number of aromatic nitrogens is 18. The summed E-state index contributed by atoms with van der Waals surface area (Å²) in [5.74, 6) is 1.55. The van der Waals surface area contributed by atoms with Crippen LogP contribution in [0, 0.1) is 37.2 Å². The van der Waals surface area contributed by atoms with E-state index in [2.05, 4.69) is 183 Å². The average molecular weight is 2530 g/mol. The Kier molecular flexibility index (Phi) is 32.3. The summed E-state index contributed by atoms with van der Waals surface area (Å²) >= 11 is 12.9. The first kappa shape index (κ1) is 111. The number of anilines is 9. The van der Waals surface area contributed by atoms with E-state index in [1.807, 2.05) is 77.9 Å². The number of benzene rings is 3. The van der Waals surface area contributed by atoms with Crippen LogP contribution in [0.15, 0.2) is 188 Å². The van der Waals surface area contributed by atoms with Gasteiger partial charge in [-0.2, -0.15) is 79.0 Å². The molecule has 140 heavy (non-hydrogen) atoms. The van der Waals surface area contributed by atoms with Crippen molar-refractivity contribution < 1.29 is 142 Å². The van der Waals surface area contributed by atoms with Crippen molar-refractivity contribution in [1.29, 1.82) is 0 Å². The van der Waals surface area contributed by atoms with Crippen LogP contribution in [0.25, 0.3) is 34.9 Å². The van der Waals surface area contributed by atoms with Crippen molar-refractivity contribution >= 4 is 75.2 Å². The third kappa shape index (κ3) is 26.1. The summed E-state index contributed by atoms with van der Waals surface area (Å²) in [6, 6.07) is 46.5. The second kappa shape index (κ2) is 40.9. The van der Waals surface area contributed by atoms with Crippen molar-refractivity contribution in [3.63, 3.8) is 0 Å². The summed E-state index contributed by atoms with van der Waals surface area (Å²) in [5, 5.41) is 22.0. The molecule has 0 aliphatic carbocycles. The van der Waals surface area contributed by atoms with E-state index in [4.69, 9.17) is 33.2 Å². The molecule has 0 spiro atoms. The molecule has 12 aromatic heterocycles. The van der Waals surface area contributed by atoms with Gasteiger partial charge in [-0.1, -0.05) is 264 Å². The molecular weight excluding hydrogens is 2450 g/mol. The first-order valence-electron chi connectivity index (χ1n) is 41.7. The minimum Gasteiger partial charge on any atom is -0.343 e. The molecule has 0 radical (unpaired) electrons. The minimum absolute atomic E-state index is 0. The van der Waals surface area contributed by atoms with Gasteiger partial charge < -0.3 is 28.1 Å². The molecule has 0 amide bonds. The molecule has 3 aromatic carbocycles. The normalized spacial score (nSPS) is 12.6. The maximum Gasteiger partial charge on any atom is 2.00 e. The fraction of sp³-hybridized carbons (Fsp3) is 0.312. The number of para-hydroxylation sites is 1. The summed E-state index contributed by atoms with van der Waals surface area (Å²) < 4.78 is 245. The molecule has 0 bridgehead atoms. The maximum atomic E-state index is 13.7. The van der Waals surface area contributed by atoms with Gasteiger partial charge in [0, 0.05) is 11.4 Å². The predicted octanol–water partition coefficient (Wildman–Crippen LogP) is 27.0. The molecule has 21 nitrogen and oxygen atoms in total. The van der Waals surface area contributed by atoms with Crippen LogP contribution in [-0.2, 0) is 133 Å². The zero-order chi connectivity index (χ0) is 101. The molecule has 0 N–H and O–H groups in total. The van der Waals surface area contributed by atoms with E-state index < -0.39 is 82.1 Å². The molecule has 0 saturated heterocycles. The van der Waals surface area contributed by atoms with Crippen molar-refractivity contribution in [1.82, 2.24) is 88.6 Å². The Morgan fingerprint density at radius 3 is 0.621 bits per heavy atom. The zero-order valence-electron chi connectivity index (χ0n) is 77.3. The van der Waals surface area contributed by atoms with Crippen LogP contribution >= 0.6 is 23.2 Å². The Bertz CT molecular complexity index is 6500. The molecule has 744 valence electrons. The van der Waals surface area contributed by atoms with Crippen LogP contribution in [0.3, 0.4) is 0 Å². The van der Waals surface area contributed by atoms with E-state index in [-0.39, 0.29) is 159 Å². The van der Waals surface area contributed by atoms with Gasteiger partial charge in [-0.05, 0) is 139 Å². The number of halogens is 20. The number of nitrogens with zero attached hydrogens (tertiary/aromatic N) is 21. The van der Waals surface area contributed by atoms with Gasteiger partial charge in [0.1, 0.15) is 34.9 Å². The van der Waals surface area contributed by atoms with Crippen molar-refractivity contribution in [2.75, 3.05) is 14.7 Å². The monoisotopic (exact) mass is 2530 g/mol. The van der Waals surface area contributed by atoms with E-state index in [9.17, 15) is 79.0 Å². The molecule has 0 unspecified atom stereocenters. The van der Waals surface area contributed by atoms with Crippen LogP contribution in [0.4, 0.5) is 131 Å². The number of pyridine rings is 6. The molecule has 0 aliphatic heterocycles. The van der Waals surface area contributed by atoms with Gasteiger partial charge in [0.25, 0.3) is 0 Å². The van der Waals surface area contributed by atoms with E-state index in [0.717, 1.165) is 85.7 Å². The van der Waals surface area contributed by atoms with Crippen molar-refractivity contribution in [2.45, 2.75) is 194 Å². The van der Waals surface area contributed by atoms with E-state index in [1.165, 1.54) is 65.6 Å². The number of alkyl halides is 18. The molecule has 44 heteroatoms. The first-order valence-corrected chi connectivity index (χ1v) is 42.4. The third-order valence-electron chi connectivity index (χ3n) is 20.8. The number of hydrogen-bond donors (Lipinski definition) is 0. The molecule has 0 atom stereocenters. The zero-order valence-corrected chi connectivity index (χ0v) is 85.6. The van der Waals surface area contributed by atoms with Crippen LogP contribution in [0.5, 0.6) is 0 Å². The molecule has 12 heterocycles. The molecule has 0 fully saturated rings. The SMILES string of the molecule is CC(C)(C)c1cc(N(c2cc(C(C)(C)C)cc(-n3[c-]cc(C(F)(F)F)n3)n2)c2cc(C(C)(C)C)cc(-n3[c-]cc(C(F)(F)F)n3)n2)cc(C(C)(C)C)c1.CC(C)(C)c1cc(N(c2cccc(-n3[c-]cc(C(F)(F)F)n3)n2)c2cccc(-n3[c-]cc(C(F)(F)F)n3)n2)cc(C(C)(C)C)c1.FC(F)(F)c1c[c-]n(-c2cccc(N(c3cccc(-n4[c-]cc(C(F)(F)F)n4)n3)c3c(Cl)cccc3Cl)n2)n1.[Pt+2].[Pt+2].[Pt+2]. The Morgan fingerprint density at radius 2 is 0.414 bits per heavy atom. The Balaban J connectivity index is 0.000000216. The van der Waals surface area contributed by atoms with Crippen LogP contribution in [-0.4, -0.2) is 88.6 Å². The van der Waals surface area contributed by atoms with Gasteiger partial charge in [-0.15, -0.1) is 36.4 Å². The Hall–Kier alpha value is -11.4. The van der Waals surface area contributed by atoms with Gasteiger partial charge in [-0.3, -0.25) is 75.2 Å². The van der Waals surface area contributed by atoms with Gasteiger partial charge in [-0.25, -0.2) is 0 Å². The summed E-state index contributed by atoms with van der Waals surface area (Å²) in [6.07, 6.45) is -13.3. The molecule has 0 aliphatic rings. The van der Waals surface area contributed by atoms with Gasteiger partial charge >= 0.3 is 100 Å². The van der Waals surface area contributed by atoms with Crippen LogP contribution < -0.4 is 14.7 Å². The number of rotatable bonds is 15. The summed E-state index contributed by atoms with van der Waals surface area (Å²) in [6.45, 7) is 36.8. The molecule has 15 aromatic rings. The predicted molar refractivity (Wildman–Crippen MR) is 478 cm³/mol. The minimum atomic E-state index is -4.70. The molecular formula is C96H85Cl2F18N21Pt3. The van der Waals surface area contributed by atoms with Gasteiger partial charge in [0.2, 0.25) is 0 Å². The van der Waals surface area contributed by atoms with Gasteiger partial charge in [0.05, 0.1) is 84.8 Å².